The van der Waals surface area contributed by atoms with Crippen molar-refractivity contribution in [2.24, 2.45) is 5.92 Å². The molecule has 1 aliphatic rings. The van der Waals surface area contributed by atoms with E-state index in [9.17, 15) is 23.3 Å². The average molecular weight is 303 g/mol. The molecule has 0 saturated carbocycles. The summed E-state index contributed by atoms with van der Waals surface area (Å²) in [6.07, 6.45) is -3.81. The molecule has 21 heavy (non-hydrogen) atoms. The molecular weight excluding hydrogens is 287 g/mol. The van der Waals surface area contributed by atoms with Gasteiger partial charge < -0.3 is 10.2 Å². The maximum absolute atomic E-state index is 13.1. The second-order valence-corrected chi connectivity index (χ2v) is 5.11. The Morgan fingerprint density at radius 3 is 2.76 bits per heavy atom. The van der Waals surface area contributed by atoms with Crippen molar-refractivity contribution in [1.29, 1.82) is 0 Å². The molecule has 1 aromatic rings. The topological polar surface area (TPSA) is 58.4 Å². The number of nitro groups is 1. The fourth-order valence-electron chi connectivity index (χ4n) is 2.65. The van der Waals surface area contributed by atoms with Crippen molar-refractivity contribution >= 4 is 11.4 Å². The Kier molecular flexibility index (Phi) is 4.36. The van der Waals surface area contributed by atoms with Gasteiger partial charge in [-0.25, -0.2) is 0 Å². The third-order valence-corrected chi connectivity index (χ3v) is 3.62. The molecular formula is C13H16F3N3O2. The molecule has 0 aliphatic carbocycles. The molecule has 1 fully saturated rings. The van der Waals surface area contributed by atoms with Gasteiger partial charge in [0.15, 0.2) is 0 Å². The SMILES string of the molecule is CNCC1CCN(c2ccc([N+](=O)[O-])cc2C(F)(F)F)C1. The quantitative estimate of drug-likeness (QED) is 0.686. The largest absolute Gasteiger partial charge is 0.418 e. The molecule has 0 aromatic heterocycles. The number of anilines is 1. The number of halogens is 3. The van der Waals surface area contributed by atoms with Crippen LogP contribution in [0, 0.1) is 16.0 Å². The number of nitro benzene ring substituents is 1. The van der Waals surface area contributed by atoms with E-state index < -0.39 is 22.4 Å². The van der Waals surface area contributed by atoms with Gasteiger partial charge in [0.25, 0.3) is 5.69 Å². The monoisotopic (exact) mass is 303 g/mol. The molecule has 0 bridgehead atoms. The van der Waals surface area contributed by atoms with Crippen molar-refractivity contribution < 1.29 is 18.1 Å². The summed E-state index contributed by atoms with van der Waals surface area (Å²) in [7, 11) is 1.80. The predicted octanol–water partition coefficient (Wildman–Crippen LogP) is 2.66. The number of hydrogen-bond acceptors (Lipinski definition) is 4. The van der Waals surface area contributed by atoms with Crippen molar-refractivity contribution in [3.63, 3.8) is 0 Å². The number of nitrogens with one attached hydrogen (secondary N) is 1. The lowest BCUT2D eigenvalue weighted by Gasteiger charge is -2.23. The summed E-state index contributed by atoms with van der Waals surface area (Å²) in [6.45, 7) is 1.78. The van der Waals surface area contributed by atoms with E-state index in [4.69, 9.17) is 0 Å². The first-order chi connectivity index (χ1) is 9.82. The molecule has 2 rings (SSSR count). The van der Waals surface area contributed by atoms with E-state index in [-0.39, 0.29) is 11.6 Å². The van der Waals surface area contributed by atoms with Crippen molar-refractivity contribution in [2.75, 3.05) is 31.6 Å². The van der Waals surface area contributed by atoms with E-state index in [2.05, 4.69) is 5.32 Å². The molecule has 1 atom stereocenters. The van der Waals surface area contributed by atoms with Gasteiger partial charge in [-0.05, 0) is 32.0 Å². The Morgan fingerprint density at radius 1 is 1.48 bits per heavy atom. The fourth-order valence-corrected chi connectivity index (χ4v) is 2.65. The molecule has 1 N–H and O–H groups in total. The summed E-state index contributed by atoms with van der Waals surface area (Å²) >= 11 is 0. The van der Waals surface area contributed by atoms with Crippen LogP contribution < -0.4 is 10.2 Å². The van der Waals surface area contributed by atoms with Crippen molar-refractivity contribution in [3.8, 4) is 0 Å². The first-order valence-electron chi connectivity index (χ1n) is 6.58. The average Bonchev–Trinajstić information content (AvgIpc) is 2.86. The zero-order valence-electron chi connectivity index (χ0n) is 11.5. The highest BCUT2D eigenvalue weighted by molar-refractivity contribution is 5.59. The number of non-ortho nitro benzene ring substituents is 1. The molecule has 0 radical (unpaired) electrons. The first kappa shape index (κ1) is 15.6. The van der Waals surface area contributed by atoms with Gasteiger partial charge in [0.2, 0.25) is 0 Å². The van der Waals surface area contributed by atoms with Gasteiger partial charge in [0.05, 0.1) is 10.5 Å². The Labute approximate surface area is 119 Å². The van der Waals surface area contributed by atoms with E-state index in [0.29, 0.717) is 19.2 Å². The van der Waals surface area contributed by atoms with E-state index in [1.165, 1.54) is 6.07 Å². The molecule has 0 amide bonds. The molecule has 1 unspecified atom stereocenters. The number of benzene rings is 1. The van der Waals surface area contributed by atoms with E-state index in [1.807, 2.05) is 0 Å². The van der Waals surface area contributed by atoms with Crippen LogP contribution >= 0.6 is 0 Å². The third-order valence-electron chi connectivity index (χ3n) is 3.62. The molecule has 1 heterocycles. The Morgan fingerprint density at radius 2 is 2.19 bits per heavy atom. The van der Waals surface area contributed by atoms with Gasteiger partial charge in [0.1, 0.15) is 0 Å². The maximum atomic E-state index is 13.1. The molecule has 1 saturated heterocycles. The summed E-state index contributed by atoms with van der Waals surface area (Å²) < 4.78 is 39.4. The molecule has 0 spiro atoms. The smallest absolute Gasteiger partial charge is 0.371 e. The maximum Gasteiger partial charge on any atom is 0.418 e. The molecule has 1 aliphatic heterocycles. The van der Waals surface area contributed by atoms with Crippen LogP contribution in [0.2, 0.25) is 0 Å². The van der Waals surface area contributed by atoms with Crippen LogP contribution in [0.4, 0.5) is 24.5 Å². The van der Waals surface area contributed by atoms with Crippen LogP contribution in [0.15, 0.2) is 18.2 Å². The van der Waals surface area contributed by atoms with Gasteiger partial charge in [-0.2, -0.15) is 13.2 Å². The predicted molar refractivity (Wildman–Crippen MR) is 72.3 cm³/mol. The van der Waals surface area contributed by atoms with Gasteiger partial charge in [-0.3, -0.25) is 10.1 Å². The Hall–Kier alpha value is -1.83. The highest BCUT2D eigenvalue weighted by Gasteiger charge is 2.37. The Bertz CT molecular complexity index is 534. The summed E-state index contributed by atoms with van der Waals surface area (Å²) in [4.78, 5) is 11.5. The normalized spacial score (nSPS) is 19.0. The highest BCUT2D eigenvalue weighted by Crippen LogP contribution is 2.40. The van der Waals surface area contributed by atoms with Crippen molar-refractivity contribution in [3.05, 3.63) is 33.9 Å². The van der Waals surface area contributed by atoms with Crippen LogP contribution in [0.3, 0.4) is 0 Å². The minimum absolute atomic E-state index is 0.0201. The third kappa shape index (κ3) is 3.44. The minimum Gasteiger partial charge on any atom is -0.371 e. The lowest BCUT2D eigenvalue weighted by Crippen LogP contribution is -2.26. The fraction of sp³-hybridized carbons (Fsp3) is 0.538. The summed E-state index contributed by atoms with van der Waals surface area (Å²) in [5.74, 6) is 0.284. The van der Waals surface area contributed by atoms with Crippen molar-refractivity contribution in [1.82, 2.24) is 5.32 Å². The van der Waals surface area contributed by atoms with E-state index in [1.54, 1.807) is 11.9 Å². The molecule has 5 nitrogen and oxygen atoms in total. The number of rotatable bonds is 4. The summed E-state index contributed by atoms with van der Waals surface area (Å²) in [5, 5.41) is 13.7. The Balaban J connectivity index is 2.33. The minimum atomic E-state index is -4.61. The van der Waals surface area contributed by atoms with Gasteiger partial charge in [0, 0.05) is 30.9 Å². The van der Waals surface area contributed by atoms with Crippen LogP contribution in [-0.4, -0.2) is 31.6 Å². The molecule has 116 valence electrons. The standard InChI is InChI=1S/C13H16F3N3O2/c1-17-7-9-4-5-18(8-9)12-3-2-10(19(20)21)6-11(12)13(14,15)16/h2-3,6,9,17H,4-5,7-8H2,1H3. The number of hydrogen-bond donors (Lipinski definition) is 1. The van der Waals surface area contributed by atoms with Crippen LogP contribution in [-0.2, 0) is 6.18 Å². The zero-order chi connectivity index (χ0) is 15.6. The molecule has 1 aromatic carbocycles. The lowest BCUT2D eigenvalue weighted by atomic mass is 10.1. The van der Waals surface area contributed by atoms with Gasteiger partial charge in [-0.15, -0.1) is 0 Å². The van der Waals surface area contributed by atoms with Gasteiger partial charge >= 0.3 is 6.18 Å². The first-order valence-corrected chi connectivity index (χ1v) is 6.58. The second-order valence-electron chi connectivity index (χ2n) is 5.11. The molecule has 8 heteroatoms. The van der Waals surface area contributed by atoms with E-state index >= 15 is 0 Å². The second kappa shape index (κ2) is 5.88. The summed E-state index contributed by atoms with van der Waals surface area (Å²) in [6, 6.07) is 2.93. The van der Waals surface area contributed by atoms with Crippen LogP contribution in [0.25, 0.3) is 0 Å². The number of alkyl halides is 3. The summed E-state index contributed by atoms with van der Waals surface area (Å²) in [5.41, 5.74) is -1.47. The van der Waals surface area contributed by atoms with Crippen molar-refractivity contribution in [2.45, 2.75) is 12.6 Å². The number of nitrogens with zero attached hydrogens (tertiary/aromatic N) is 2. The zero-order valence-corrected chi connectivity index (χ0v) is 11.5. The van der Waals surface area contributed by atoms with Gasteiger partial charge in [-0.1, -0.05) is 0 Å². The van der Waals surface area contributed by atoms with E-state index in [0.717, 1.165) is 19.0 Å². The lowest BCUT2D eigenvalue weighted by molar-refractivity contribution is -0.385. The highest BCUT2D eigenvalue weighted by atomic mass is 19.4. The van der Waals surface area contributed by atoms with Crippen LogP contribution in [0.1, 0.15) is 12.0 Å². The van der Waals surface area contributed by atoms with Crippen LogP contribution in [0.5, 0.6) is 0 Å².